The summed E-state index contributed by atoms with van der Waals surface area (Å²) in [5, 5.41) is 0. The van der Waals surface area contributed by atoms with Gasteiger partial charge in [-0.3, -0.25) is 9.59 Å². The van der Waals surface area contributed by atoms with Gasteiger partial charge in [-0.25, -0.2) is 0 Å². The molecule has 5 rings (SSSR count). The summed E-state index contributed by atoms with van der Waals surface area (Å²) in [6.07, 6.45) is 9.97. The summed E-state index contributed by atoms with van der Waals surface area (Å²) in [5.41, 5.74) is 1.30. The summed E-state index contributed by atoms with van der Waals surface area (Å²) in [4.78, 5) is 30.3. The molecule has 2 saturated carbocycles. The molecule has 5 heteroatoms. The lowest BCUT2D eigenvalue weighted by atomic mass is 9.98. The van der Waals surface area contributed by atoms with Crippen molar-refractivity contribution in [1.29, 1.82) is 0 Å². The molecule has 1 aromatic carbocycles. The van der Waals surface area contributed by atoms with Gasteiger partial charge in [-0.05, 0) is 43.1 Å². The minimum absolute atomic E-state index is 0.0497. The Bertz CT molecular complexity index is 769. The quantitative estimate of drug-likeness (QED) is 0.688. The molecule has 2 amide bonds. The fraction of sp³-hybridized carbons (Fsp3) is 0.680. The monoisotopic (exact) mass is 426 g/mol. The van der Waals surface area contributed by atoms with E-state index in [9.17, 15) is 9.59 Å². The van der Waals surface area contributed by atoms with Crippen LogP contribution in [-0.2, 0) is 9.59 Å². The summed E-state index contributed by atoms with van der Waals surface area (Å²) in [6.45, 7) is 2.49. The average Bonchev–Trinajstić information content (AvgIpc) is 3.21. The molecule has 1 spiro atoms. The lowest BCUT2D eigenvalue weighted by molar-refractivity contribution is -0.138. The first-order valence-corrected chi connectivity index (χ1v) is 12.9. The van der Waals surface area contributed by atoms with Crippen LogP contribution >= 0.6 is 11.8 Å². The maximum Gasteiger partial charge on any atom is 0.226 e. The smallest absolute Gasteiger partial charge is 0.226 e. The molecule has 0 aromatic heterocycles. The van der Waals surface area contributed by atoms with Crippen molar-refractivity contribution in [2.24, 2.45) is 11.8 Å². The van der Waals surface area contributed by atoms with Gasteiger partial charge in [-0.1, -0.05) is 56.0 Å². The van der Waals surface area contributed by atoms with Gasteiger partial charge in [-0.2, -0.15) is 0 Å². The highest BCUT2D eigenvalue weighted by atomic mass is 32.2. The van der Waals surface area contributed by atoms with Crippen LogP contribution in [0.15, 0.2) is 30.3 Å². The van der Waals surface area contributed by atoms with Crippen molar-refractivity contribution in [2.45, 2.75) is 68.6 Å². The van der Waals surface area contributed by atoms with Crippen LogP contribution in [0.3, 0.4) is 0 Å². The summed E-state index contributed by atoms with van der Waals surface area (Å²) >= 11 is 1.96. The van der Waals surface area contributed by atoms with E-state index in [1.807, 2.05) is 17.8 Å². The highest BCUT2D eigenvalue weighted by Gasteiger charge is 2.50. The number of hydrogen-bond acceptors (Lipinski definition) is 3. The Kier molecular flexibility index (Phi) is 5.83. The van der Waals surface area contributed by atoms with Crippen LogP contribution in [0, 0.1) is 11.8 Å². The summed E-state index contributed by atoms with van der Waals surface area (Å²) in [7, 11) is 0. The molecule has 0 bridgehead atoms. The van der Waals surface area contributed by atoms with Crippen LogP contribution in [-0.4, -0.2) is 51.9 Å². The van der Waals surface area contributed by atoms with Crippen LogP contribution in [0.25, 0.3) is 0 Å². The fourth-order valence-corrected chi connectivity index (χ4v) is 7.46. The van der Waals surface area contributed by atoms with Crippen molar-refractivity contribution in [3.63, 3.8) is 0 Å². The van der Waals surface area contributed by atoms with Crippen molar-refractivity contribution in [3.05, 3.63) is 35.9 Å². The third-order valence-electron chi connectivity index (χ3n) is 7.91. The van der Waals surface area contributed by atoms with Gasteiger partial charge in [0.25, 0.3) is 0 Å². The first kappa shape index (κ1) is 20.4. The molecule has 2 saturated heterocycles. The van der Waals surface area contributed by atoms with Gasteiger partial charge in [0.15, 0.2) is 0 Å². The lowest BCUT2D eigenvalue weighted by Gasteiger charge is -2.44. The molecule has 162 valence electrons. The number of benzene rings is 1. The number of carbonyl (C=O) groups is 2. The predicted octanol–water partition coefficient (Wildman–Crippen LogP) is 4.65. The van der Waals surface area contributed by atoms with E-state index in [0.29, 0.717) is 17.7 Å². The van der Waals surface area contributed by atoms with E-state index in [1.165, 1.54) is 31.2 Å². The van der Waals surface area contributed by atoms with Crippen LogP contribution in [0.1, 0.15) is 69.3 Å². The van der Waals surface area contributed by atoms with Crippen LogP contribution < -0.4 is 0 Å². The molecule has 30 heavy (non-hydrogen) atoms. The van der Waals surface area contributed by atoms with E-state index in [1.54, 1.807) is 0 Å². The van der Waals surface area contributed by atoms with Crippen molar-refractivity contribution in [2.75, 3.05) is 25.4 Å². The van der Waals surface area contributed by atoms with E-state index in [0.717, 1.165) is 63.4 Å². The molecule has 2 atom stereocenters. The highest BCUT2D eigenvalue weighted by Crippen LogP contribution is 2.50. The molecule has 2 heterocycles. The van der Waals surface area contributed by atoms with Gasteiger partial charge in [0.05, 0.1) is 4.87 Å². The summed E-state index contributed by atoms with van der Waals surface area (Å²) < 4.78 is 0. The second-order valence-corrected chi connectivity index (χ2v) is 11.2. The molecule has 4 fully saturated rings. The molecule has 2 aliphatic heterocycles. The van der Waals surface area contributed by atoms with E-state index in [4.69, 9.17) is 0 Å². The Balaban J connectivity index is 1.14. The number of rotatable bonds is 5. The molecule has 4 nitrogen and oxygen atoms in total. The molecule has 0 radical (unpaired) electrons. The molecule has 2 aliphatic carbocycles. The number of likely N-dealkylation sites (tertiary alicyclic amines) is 1. The first-order chi connectivity index (χ1) is 14.7. The minimum atomic E-state index is -0.0497. The van der Waals surface area contributed by atoms with Crippen LogP contribution in [0.4, 0.5) is 0 Å². The zero-order valence-corrected chi connectivity index (χ0v) is 18.7. The van der Waals surface area contributed by atoms with E-state index in [2.05, 4.69) is 34.1 Å². The summed E-state index contributed by atoms with van der Waals surface area (Å²) in [5.74, 6) is 3.09. The standard InChI is InChI=1S/C25H34N2O2S/c28-23(11-10-19-6-4-5-7-19)27-16-17-30-25(27)12-14-26(15-13-25)24(29)22-18-21(22)20-8-2-1-3-9-20/h1-3,8-9,19,21-22H,4-7,10-18H2/t21-,22+/m0/s1. The fourth-order valence-electron chi connectivity index (χ4n) is 5.98. The van der Waals surface area contributed by atoms with Crippen molar-refractivity contribution in [3.8, 4) is 0 Å². The van der Waals surface area contributed by atoms with E-state index >= 15 is 0 Å². The third kappa shape index (κ3) is 4.02. The second kappa shape index (κ2) is 8.57. The Hall–Kier alpha value is -1.49. The Morgan fingerprint density at radius 2 is 1.77 bits per heavy atom. The van der Waals surface area contributed by atoms with Crippen molar-refractivity contribution in [1.82, 2.24) is 9.80 Å². The van der Waals surface area contributed by atoms with Crippen molar-refractivity contribution < 1.29 is 9.59 Å². The topological polar surface area (TPSA) is 40.6 Å². The maximum atomic E-state index is 13.1. The van der Waals surface area contributed by atoms with Gasteiger partial charge in [0.2, 0.25) is 11.8 Å². The van der Waals surface area contributed by atoms with E-state index in [-0.39, 0.29) is 10.8 Å². The largest absolute Gasteiger partial charge is 0.342 e. The number of hydrogen-bond donors (Lipinski definition) is 0. The lowest BCUT2D eigenvalue weighted by Crippen LogP contribution is -2.53. The summed E-state index contributed by atoms with van der Waals surface area (Å²) in [6, 6.07) is 10.5. The van der Waals surface area contributed by atoms with Gasteiger partial charge in [0, 0.05) is 37.7 Å². The number of carbonyl (C=O) groups excluding carboxylic acids is 2. The zero-order valence-electron chi connectivity index (χ0n) is 17.9. The molecule has 0 N–H and O–H groups in total. The maximum absolute atomic E-state index is 13.1. The van der Waals surface area contributed by atoms with Crippen LogP contribution in [0.5, 0.6) is 0 Å². The SMILES string of the molecule is O=C([C@@H]1C[C@H]1c1ccccc1)N1CCC2(CC1)SCCN2C(=O)CCC1CCCC1. The highest BCUT2D eigenvalue weighted by molar-refractivity contribution is 8.00. The van der Waals surface area contributed by atoms with Crippen LogP contribution in [0.2, 0.25) is 0 Å². The molecule has 4 aliphatic rings. The van der Waals surface area contributed by atoms with Gasteiger partial charge in [-0.15, -0.1) is 11.8 Å². The first-order valence-electron chi connectivity index (χ1n) is 11.9. The van der Waals surface area contributed by atoms with E-state index < -0.39 is 0 Å². The number of piperidine rings is 1. The molecule has 1 aromatic rings. The normalized spacial score (nSPS) is 28.3. The Labute approximate surface area is 184 Å². The Morgan fingerprint density at radius 1 is 1.03 bits per heavy atom. The Morgan fingerprint density at radius 3 is 2.50 bits per heavy atom. The van der Waals surface area contributed by atoms with Gasteiger partial charge < -0.3 is 9.80 Å². The van der Waals surface area contributed by atoms with Gasteiger partial charge >= 0.3 is 0 Å². The molecule has 0 unspecified atom stereocenters. The third-order valence-corrected chi connectivity index (χ3v) is 9.46. The zero-order chi connectivity index (χ0) is 20.6. The number of thioether (sulfide) groups is 1. The van der Waals surface area contributed by atoms with Crippen molar-refractivity contribution >= 4 is 23.6 Å². The second-order valence-electron chi connectivity index (χ2n) is 9.71. The average molecular weight is 427 g/mol. The minimum Gasteiger partial charge on any atom is -0.342 e. The van der Waals surface area contributed by atoms with Gasteiger partial charge in [0.1, 0.15) is 0 Å². The number of amides is 2. The molecular formula is C25H34N2O2S. The number of nitrogens with zero attached hydrogens (tertiary/aromatic N) is 2. The molecular weight excluding hydrogens is 392 g/mol. The predicted molar refractivity (Wildman–Crippen MR) is 121 cm³/mol.